The maximum Gasteiger partial charge on any atom is 0.255 e. The number of hydrogen-bond donors (Lipinski definition) is 2. The lowest BCUT2D eigenvalue weighted by Crippen LogP contribution is -2.14. The number of ether oxygens (including phenoxy) is 1. The highest BCUT2D eigenvalue weighted by Crippen LogP contribution is 2.22. The molecule has 0 radical (unpaired) electrons. The lowest BCUT2D eigenvalue weighted by Gasteiger charge is -2.09. The van der Waals surface area contributed by atoms with Crippen LogP contribution >= 0.6 is 0 Å². The van der Waals surface area contributed by atoms with Crippen LogP contribution < -0.4 is 15.4 Å². The number of anilines is 2. The van der Waals surface area contributed by atoms with Gasteiger partial charge < -0.3 is 15.4 Å². The van der Waals surface area contributed by atoms with Crippen LogP contribution in [-0.2, 0) is 0 Å². The summed E-state index contributed by atoms with van der Waals surface area (Å²) in [5.74, 6) is 0.115. The van der Waals surface area contributed by atoms with Crippen molar-refractivity contribution in [1.29, 1.82) is 0 Å². The molecule has 6 heteroatoms. The van der Waals surface area contributed by atoms with Gasteiger partial charge >= 0.3 is 0 Å². The number of nitrogens with zero attached hydrogens (tertiary/aromatic N) is 1. The number of methoxy groups -OCH3 is 1. The standard InChI is InChI=1S/C24H19N3O3/c1-30-20-8-3-7-19(15-20)26-23(28)17-10-12-18(13-11-17)24(29)27-21-9-2-5-16-6-4-14-25-22(16)21/h2-15H,1H3,(H,26,28)(H,27,29). The quantitative estimate of drug-likeness (QED) is 0.509. The minimum absolute atomic E-state index is 0.270. The van der Waals surface area contributed by atoms with E-state index in [0.717, 1.165) is 10.9 Å². The lowest BCUT2D eigenvalue weighted by molar-refractivity contribution is 0.101. The molecule has 1 heterocycles. The Labute approximate surface area is 173 Å². The fourth-order valence-electron chi connectivity index (χ4n) is 3.08. The number of hydrogen-bond acceptors (Lipinski definition) is 4. The topological polar surface area (TPSA) is 80.3 Å². The van der Waals surface area contributed by atoms with Crippen LogP contribution in [-0.4, -0.2) is 23.9 Å². The first kappa shape index (κ1) is 19.1. The van der Waals surface area contributed by atoms with Crippen LogP contribution in [0.15, 0.2) is 85.1 Å². The van der Waals surface area contributed by atoms with Crippen LogP contribution in [0, 0.1) is 0 Å². The van der Waals surface area contributed by atoms with Gasteiger partial charge in [-0.15, -0.1) is 0 Å². The average Bonchev–Trinajstić information content (AvgIpc) is 2.79. The molecule has 0 aliphatic carbocycles. The SMILES string of the molecule is COc1cccc(NC(=O)c2ccc(C(=O)Nc3cccc4cccnc34)cc2)c1. The molecule has 6 nitrogen and oxygen atoms in total. The van der Waals surface area contributed by atoms with Crippen molar-refractivity contribution in [3.63, 3.8) is 0 Å². The number of rotatable bonds is 5. The molecule has 3 aromatic carbocycles. The highest BCUT2D eigenvalue weighted by molar-refractivity contribution is 6.09. The predicted molar refractivity (Wildman–Crippen MR) is 117 cm³/mol. The summed E-state index contributed by atoms with van der Waals surface area (Å²) in [4.78, 5) is 29.5. The second-order valence-corrected chi connectivity index (χ2v) is 6.60. The van der Waals surface area contributed by atoms with Gasteiger partial charge in [0.25, 0.3) is 11.8 Å². The molecule has 0 fully saturated rings. The molecule has 0 aliphatic rings. The maximum atomic E-state index is 12.6. The Kier molecular flexibility index (Phi) is 5.39. The molecule has 0 bridgehead atoms. The molecule has 0 spiro atoms. The van der Waals surface area contributed by atoms with Gasteiger partial charge in [-0.25, -0.2) is 0 Å². The van der Waals surface area contributed by atoms with Gasteiger partial charge in [-0.1, -0.05) is 24.3 Å². The molecule has 4 rings (SSSR count). The zero-order valence-electron chi connectivity index (χ0n) is 16.3. The van der Waals surface area contributed by atoms with Gasteiger partial charge in [0.2, 0.25) is 0 Å². The third-order valence-electron chi connectivity index (χ3n) is 4.62. The average molecular weight is 397 g/mol. The predicted octanol–water partition coefficient (Wildman–Crippen LogP) is 4.75. The summed E-state index contributed by atoms with van der Waals surface area (Å²) in [7, 11) is 1.57. The molecule has 2 amide bonds. The van der Waals surface area contributed by atoms with Gasteiger partial charge in [0, 0.05) is 34.5 Å². The van der Waals surface area contributed by atoms with E-state index in [0.29, 0.717) is 28.3 Å². The molecule has 0 unspecified atom stereocenters. The number of pyridine rings is 1. The van der Waals surface area contributed by atoms with E-state index in [1.54, 1.807) is 61.8 Å². The number of benzene rings is 3. The molecule has 4 aromatic rings. The maximum absolute atomic E-state index is 12.6. The lowest BCUT2D eigenvalue weighted by atomic mass is 10.1. The van der Waals surface area contributed by atoms with Crippen LogP contribution in [0.3, 0.4) is 0 Å². The number of amides is 2. The van der Waals surface area contributed by atoms with Gasteiger partial charge in [-0.3, -0.25) is 14.6 Å². The fraction of sp³-hybridized carbons (Fsp3) is 0.0417. The van der Waals surface area contributed by atoms with Crippen LogP contribution in [0.4, 0.5) is 11.4 Å². The van der Waals surface area contributed by atoms with E-state index in [9.17, 15) is 9.59 Å². The van der Waals surface area contributed by atoms with E-state index < -0.39 is 0 Å². The highest BCUT2D eigenvalue weighted by Gasteiger charge is 2.11. The highest BCUT2D eigenvalue weighted by atomic mass is 16.5. The first-order valence-corrected chi connectivity index (χ1v) is 9.34. The molecule has 0 saturated carbocycles. The monoisotopic (exact) mass is 397 g/mol. The van der Waals surface area contributed by atoms with Crippen LogP contribution in [0.5, 0.6) is 5.75 Å². The normalized spacial score (nSPS) is 10.4. The third kappa shape index (κ3) is 4.12. The summed E-state index contributed by atoms with van der Waals surface area (Å²) in [6.45, 7) is 0. The van der Waals surface area contributed by atoms with Crippen molar-refractivity contribution < 1.29 is 14.3 Å². The van der Waals surface area contributed by atoms with Crippen molar-refractivity contribution >= 4 is 34.1 Å². The first-order chi connectivity index (χ1) is 14.6. The number of aromatic nitrogens is 1. The molecule has 0 atom stereocenters. The van der Waals surface area contributed by atoms with Crippen molar-refractivity contribution in [2.75, 3.05) is 17.7 Å². The summed E-state index contributed by atoms with van der Waals surface area (Å²) in [6.07, 6.45) is 1.69. The number of nitrogens with one attached hydrogen (secondary N) is 2. The number of fused-ring (bicyclic) bond motifs is 1. The minimum Gasteiger partial charge on any atom is -0.497 e. The first-order valence-electron chi connectivity index (χ1n) is 9.34. The van der Waals surface area contributed by atoms with E-state index in [1.165, 1.54) is 0 Å². The Balaban J connectivity index is 1.47. The summed E-state index contributed by atoms with van der Waals surface area (Å²) in [5, 5.41) is 6.64. The molecular weight excluding hydrogens is 378 g/mol. The molecule has 2 N–H and O–H groups in total. The van der Waals surface area contributed by atoms with Gasteiger partial charge in [-0.05, 0) is 48.5 Å². The molecule has 148 valence electrons. The van der Waals surface area contributed by atoms with E-state index >= 15 is 0 Å². The second kappa shape index (κ2) is 8.45. The van der Waals surface area contributed by atoms with Gasteiger partial charge in [-0.2, -0.15) is 0 Å². The van der Waals surface area contributed by atoms with Crippen molar-refractivity contribution in [2.24, 2.45) is 0 Å². The second-order valence-electron chi connectivity index (χ2n) is 6.60. The Morgan fingerprint density at radius 2 is 1.47 bits per heavy atom. The van der Waals surface area contributed by atoms with Crippen molar-refractivity contribution in [3.8, 4) is 5.75 Å². The molecule has 30 heavy (non-hydrogen) atoms. The Morgan fingerprint density at radius 1 is 0.800 bits per heavy atom. The third-order valence-corrected chi connectivity index (χ3v) is 4.62. The van der Waals surface area contributed by atoms with Crippen molar-refractivity contribution in [1.82, 2.24) is 4.98 Å². The van der Waals surface area contributed by atoms with Crippen molar-refractivity contribution in [3.05, 3.63) is 96.2 Å². The smallest absolute Gasteiger partial charge is 0.255 e. The molecular formula is C24H19N3O3. The van der Waals surface area contributed by atoms with E-state index in [2.05, 4.69) is 15.6 Å². The Bertz CT molecular complexity index is 1210. The van der Waals surface area contributed by atoms with Crippen LogP contribution in [0.2, 0.25) is 0 Å². The zero-order chi connectivity index (χ0) is 20.9. The molecule has 0 saturated heterocycles. The van der Waals surface area contributed by atoms with Gasteiger partial charge in [0.15, 0.2) is 0 Å². The molecule has 0 aliphatic heterocycles. The fourth-order valence-corrected chi connectivity index (χ4v) is 3.08. The largest absolute Gasteiger partial charge is 0.497 e. The van der Waals surface area contributed by atoms with E-state index in [4.69, 9.17) is 4.74 Å². The van der Waals surface area contributed by atoms with Gasteiger partial charge in [0.1, 0.15) is 5.75 Å². The van der Waals surface area contributed by atoms with Crippen LogP contribution in [0.1, 0.15) is 20.7 Å². The van der Waals surface area contributed by atoms with Crippen molar-refractivity contribution in [2.45, 2.75) is 0 Å². The summed E-state index contributed by atoms with van der Waals surface area (Å²) in [6, 6.07) is 23.0. The Morgan fingerprint density at radius 3 is 2.20 bits per heavy atom. The summed E-state index contributed by atoms with van der Waals surface area (Å²) >= 11 is 0. The number of carbonyl (C=O) groups is 2. The zero-order valence-corrected chi connectivity index (χ0v) is 16.3. The van der Waals surface area contributed by atoms with E-state index in [1.807, 2.05) is 30.3 Å². The molecule has 1 aromatic heterocycles. The number of para-hydroxylation sites is 1. The van der Waals surface area contributed by atoms with Crippen LogP contribution in [0.25, 0.3) is 10.9 Å². The number of carbonyl (C=O) groups excluding carboxylic acids is 2. The minimum atomic E-state index is -0.270. The Hall–Kier alpha value is -4.19. The van der Waals surface area contributed by atoms with Gasteiger partial charge in [0.05, 0.1) is 18.3 Å². The van der Waals surface area contributed by atoms with E-state index in [-0.39, 0.29) is 11.8 Å². The summed E-state index contributed by atoms with van der Waals surface area (Å²) < 4.78 is 5.16. The summed E-state index contributed by atoms with van der Waals surface area (Å²) in [5.41, 5.74) is 2.88.